The van der Waals surface area contributed by atoms with Gasteiger partial charge in [-0.15, -0.1) is 0 Å². The summed E-state index contributed by atoms with van der Waals surface area (Å²) in [5.74, 6) is 0.781. The Bertz CT molecular complexity index is 688. The maximum atomic E-state index is 12.4. The SMILES string of the molecule is NC(=O)C(C1CCN(c2ccccc2)CC1)C1CCN(c2ccccc2)CC1. The number of primary amides is 1. The Morgan fingerprint density at radius 1 is 0.714 bits per heavy atom. The van der Waals surface area contributed by atoms with Gasteiger partial charge in [-0.3, -0.25) is 4.79 Å². The fourth-order valence-electron chi connectivity index (χ4n) is 5.16. The van der Waals surface area contributed by atoms with E-state index < -0.39 is 0 Å². The van der Waals surface area contributed by atoms with E-state index >= 15 is 0 Å². The maximum absolute atomic E-state index is 12.4. The van der Waals surface area contributed by atoms with Crippen LogP contribution >= 0.6 is 0 Å². The summed E-state index contributed by atoms with van der Waals surface area (Å²) < 4.78 is 0. The lowest BCUT2D eigenvalue weighted by atomic mass is 9.72. The number of amides is 1. The second-order valence-corrected chi connectivity index (χ2v) is 8.25. The van der Waals surface area contributed by atoms with Crippen molar-refractivity contribution in [2.45, 2.75) is 25.7 Å². The van der Waals surface area contributed by atoms with Crippen LogP contribution in [0.4, 0.5) is 11.4 Å². The molecule has 2 heterocycles. The molecule has 4 nitrogen and oxygen atoms in total. The summed E-state index contributed by atoms with van der Waals surface area (Å²) in [5, 5.41) is 0. The van der Waals surface area contributed by atoms with Crippen LogP contribution in [0.15, 0.2) is 60.7 Å². The lowest BCUT2D eigenvalue weighted by Gasteiger charge is -2.42. The average molecular weight is 378 g/mol. The third-order valence-electron chi connectivity index (χ3n) is 6.67. The zero-order chi connectivity index (χ0) is 19.3. The minimum absolute atomic E-state index is 0.0239. The Hall–Kier alpha value is -2.49. The largest absolute Gasteiger partial charge is 0.372 e. The van der Waals surface area contributed by atoms with Crippen LogP contribution in [-0.2, 0) is 4.79 Å². The van der Waals surface area contributed by atoms with Crippen molar-refractivity contribution < 1.29 is 4.79 Å². The fourth-order valence-corrected chi connectivity index (χ4v) is 5.16. The smallest absolute Gasteiger partial charge is 0.221 e. The van der Waals surface area contributed by atoms with Gasteiger partial charge < -0.3 is 15.5 Å². The number of para-hydroxylation sites is 2. The molecule has 4 rings (SSSR count). The molecule has 2 saturated heterocycles. The minimum Gasteiger partial charge on any atom is -0.372 e. The molecule has 0 atom stereocenters. The van der Waals surface area contributed by atoms with Crippen molar-refractivity contribution in [3.63, 3.8) is 0 Å². The molecule has 4 heteroatoms. The van der Waals surface area contributed by atoms with E-state index in [1.54, 1.807) is 0 Å². The summed E-state index contributed by atoms with van der Waals surface area (Å²) in [4.78, 5) is 17.3. The Balaban J connectivity index is 1.36. The molecule has 2 aromatic carbocycles. The number of hydrogen-bond donors (Lipinski definition) is 1. The molecule has 1 amide bonds. The number of anilines is 2. The first kappa shape index (κ1) is 18.9. The highest BCUT2D eigenvalue weighted by atomic mass is 16.1. The first-order valence-corrected chi connectivity index (χ1v) is 10.6. The standard InChI is InChI=1S/C24H31N3O/c25-24(28)23(19-11-15-26(16-12-19)21-7-3-1-4-8-21)20-13-17-27(18-14-20)22-9-5-2-6-10-22/h1-10,19-20,23H,11-18H2,(H2,25,28). The molecule has 148 valence electrons. The molecular formula is C24H31N3O. The number of nitrogens with zero attached hydrogens (tertiary/aromatic N) is 2. The van der Waals surface area contributed by atoms with E-state index in [2.05, 4.69) is 70.5 Å². The highest BCUT2D eigenvalue weighted by molar-refractivity contribution is 5.77. The van der Waals surface area contributed by atoms with Crippen LogP contribution in [0.25, 0.3) is 0 Å². The molecule has 0 aliphatic carbocycles. The molecule has 2 aromatic rings. The van der Waals surface area contributed by atoms with Crippen molar-refractivity contribution in [1.82, 2.24) is 0 Å². The van der Waals surface area contributed by atoms with Crippen molar-refractivity contribution >= 4 is 17.3 Å². The van der Waals surface area contributed by atoms with Gasteiger partial charge in [-0.25, -0.2) is 0 Å². The van der Waals surface area contributed by atoms with Gasteiger partial charge in [0.2, 0.25) is 5.91 Å². The topological polar surface area (TPSA) is 49.6 Å². The molecule has 2 aliphatic heterocycles. The predicted octanol–water partition coefficient (Wildman–Crippen LogP) is 3.92. The zero-order valence-electron chi connectivity index (χ0n) is 16.5. The summed E-state index contributed by atoms with van der Waals surface area (Å²) in [6, 6.07) is 21.2. The third kappa shape index (κ3) is 4.16. The molecule has 0 radical (unpaired) electrons. The fraction of sp³-hybridized carbons (Fsp3) is 0.458. The second-order valence-electron chi connectivity index (χ2n) is 8.25. The summed E-state index contributed by atoms with van der Waals surface area (Å²) in [6.07, 6.45) is 4.23. The molecule has 28 heavy (non-hydrogen) atoms. The number of nitrogens with two attached hydrogens (primary N) is 1. The van der Waals surface area contributed by atoms with Crippen LogP contribution in [0, 0.1) is 17.8 Å². The molecule has 0 aromatic heterocycles. The summed E-state index contributed by atoms with van der Waals surface area (Å²) >= 11 is 0. The van der Waals surface area contributed by atoms with Crippen LogP contribution in [0.3, 0.4) is 0 Å². The summed E-state index contributed by atoms with van der Waals surface area (Å²) in [7, 11) is 0. The Morgan fingerprint density at radius 2 is 1.07 bits per heavy atom. The monoisotopic (exact) mass is 377 g/mol. The van der Waals surface area contributed by atoms with Crippen LogP contribution in [-0.4, -0.2) is 32.1 Å². The number of piperidine rings is 2. The van der Waals surface area contributed by atoms with Gasteiger partial charge in [-0.2, -0.15) is 0 Å². The van der Waals surface area contributed by atoms with Crippen molar-refractivity contribution in [2.75, 3.05) is 36.0 Å². The number of carbonyl (C=O) groups is 1. The Labute approximate surface area is 168 Å². The van der Waals surface area contributed by atoms with Crippen LogP contribution in [0.2, 0.25) is 0 Å². The van der Waals surface area contributed by atoms with Crippen molar-refractivity contribution in [2.24, 2.45) is 23.5 Å². The van der Waals surface area contributed by atoms with Gasteiger partial charge in [-0.05, 0) is 61.8 Å². The number of carbonyl (C=O) groups excluding carboxylic acids is 1. The van der Waals surface area contributed by atoms with E-state index in [9.17, 15) is 4.79 Å². The normalized spacial score (nSPS) is 19.2. The van der Waals surface area contributed by atoms with E-state index in [0.717, 1.165) is 51.9 Å². The van der Waals surface area contributed by atoms with E-state index in [-0.39, 0.29) is 11.8 Å². The van der Waals surface area contributed by atoms with Crippen LogP contribution in [0.1, 0.15) is 25.7 Å². The van der Waals surface area contributed by atoms with E-state index in [0.29, 0.717) is 11.8 Å². The lowest BCUT2D eigenvalue weighted by Crippen LogP contribution is -2.46. The molecular weight excluding hydrogens is 346 g/mol. The number of hydrogen-bond acceptors (Lipinski definition) is 3. The molecule has 2 N–H and O–H groups in total. The van der Waals surface area contributed by atoms with Gasteiger partial charge in [0.25, 0.3) is 0 Å². The molecule has 0 saturated carbocycles. The van der Waals surface area contributed by atoms with Crippen LogP contribution < -0.4 is 15.5 Å². The first-order valence-electron chi connectivity index (χ1n) is 10.6. The summed E-state index contributed by atoms with van der Waals surface area (Å²) in [6.45, 7) is 4.06. The highest BCUT2D eigenvalue weighted by Crippen LogP contribution is 2.37. The van der Waals surface area contributed by atoms with E-state index in [4.69, 9.17) is 5.73 Å². The van der Waals surface area contributed by atoms with Crippen molar-refractivity contribution in [3.05, 3.63) is 60.7 Å². The predicted molar refractivity (Wildman–Crippen MR) is 115 cm³/mol. The molecule has 2 aliphatic rings. The van der Waals surface area contributed by atoms with E-state index in [1.165, 1.54) is 11.4 Å². The molecule has 0 unspecified atom stereocenters. The zero-order valence-corrected chi connectivity index (χ0v) is 16.5. The van der Waals surface area contributed by atoms with Crippen molar-refractivity contribution in [3.8, 4) is 0 Å². The minimum atomic E-state index is -0.0867. The molecule has 0 bridgehead atoms. The average Bonchev–Trinajstić information content (AvgIpc) is 2.76. The molecule has 2 fully saturated rings. The first-order chi connectivity index (χ1) is 13.7. The highest BCUT2D eigenvalue weighted by Gasteiger charge is 2.37. The summed E-state index contributed by atoms with van der Waals surface area (Å²) in [5.41, 5.74) is 8.49. The van der Waals surface area contributed by atoms with Gasteiger partial charge in [-0.1, -0.05) is 36.4 Å². The van der Waals surface area contributed by atoms with Gasteiger partial charge in [0, 0.05) is 43.5 Å². The van der Waals surface area contributed by atoms with Crippen molar-refractivity contribution in [1.29, 1.82) is 0 Å². The van der Waals surface area contributed by atoms with Gasteiger partial charge in [0.1, 0.15) is 0 Å². The molecule has 0 spiro atoms. The van der Waals surface area contributed by atoms with Gasteiger partial charge >= 0.3 is 0 Å². The number of benzene rings is 2. The van der Waals surface area contributed by atoms with Gasteiger partial charge in [0.15, 0.2) is 0 Å². The Kier molecular flexibility index (Phi) is 5.84. The van der Waals surface area contributed by atoms with Gasteiger partial charge in [0.05, 0.1) is 0 Å². The quantitative estimate of drug-likeness (QED) is 0.859. The number of rotatable bonds is 5. The Morgan fingerprint density at radius 3 is 1.39 bits per heavy atom. The second kappa shape index (κ2) is 8.68. The third-order valence-corrected chi connectivity index (χ3v) is 6.67. The van der Waals surface area contributed by atoms with Crippen LogP contribution in [0.5, 0.6) is 0 Å². The lowest BCUT2D eigenvalue weighted by molar-refractivity contribution is -0.126. The van der Waals surface area contributed by atoms with E-state index in [1.807, 2.05) is 0 Å². The maximum Gasteiger partial charge on any atom is 0.221 e.